The average molecular weight is 283 g/mol. The first-order valence-electron chi connectivity index (χ1n) is 7.17. The molecule has 1 aliphatic heterocycles. The summed E-state index contributed by atoms with van der Waals surface area (Å²) in [4.78, 5) is 26.2. The molecule has 0 fully saturated rings. The second-order valence-corrected chi connectivity index (χ2v) is 5.21. The van der Waals surface area contributed by atoms with E-state index in [9.17, 15) is 9.59 Å². The summed E-state index contributed by atoms with van der Waals surface area (Å²) >= 11 is 0. The molecule has 0 saturated carbocycles. The first-order chi connectivity index (χ1) is 10.2. The number of imide groups is 1. The molecule has 21 heavy (non-hydrogen) atoms. The highest BCUT2D eigenvalue weighted by molar-refractivity contribution is 6.33. The molecule has 4 nitrogen and oxygen atoms in total. The number of rotatable bonds is 4. The molecular formula is C17H17NO3. The van der Waals surface area contributed by atoms with Crippen LogP contribution in [-0.2, 0) is 9.59 Å². The van der Waals surface area contributed by atoms with Crippen LogP contribution < -0.4 is 9.64 Å². The number of amides is 2. The van der Waals surface area contributed by atoms with Gasteiger partial charge in [0.2, 0.25) is 0 Å². The van der Waals surface area contributed by atoms with E-state index in [1.807, 2.05) is 0 Å². The van der Waals surface area contributed by atoms with E-state index >= 15 is 0 Å². The fraction of sp³-hybridized carbons (Fsp3) is 0.294. The summed E-state index contributed by atoms with van der Waals surface area (Å²) in [7, 11) is 0. The minimum atomic E-state index is -0.171. The minimum absolute atomic E-state index is 0.171. The molecule has 0 atom stereocenters. The summed E-state index contributed by atoms with van der Waals surface area (Å²) in [6, 6.07) is 7.06. The van der Waals surface area contributed by atoms with E-state index in [2.05, 4.69) is 6.58 Å². The molecule has 0 bridgehead atoms. The van der Waals surface area contributed by atoms with Crippen LogP contribution in [0.4, 0.5) is 5.69 Å². The van der Waals surface area contributed by atoms with Crippen LogP contribution >= 0.6 is 0 Å². The third-order valence-electron chi connectivity index (χ3n) is 3.83. The first-order valence-corrected chi connectivity index (χ1v) is 7.17. The second kappa shape index (κ2) is 5.56. The third kappa shape index (κ3) is 2.37. The van der Waals surface area contributed by atoms with E-state index < -0.39 is 0 Å². The van der Waals surface area contributed by atoms with Gasteiger partial charge in [-0.05, 0) is 37.8 Å². The van der Waals surface area contributed by atoms with E-state index in [-0.39, 0.29) is 11.8 Å². The monoisotopic (exact) mass is 283 g/mol. The van der Waals surface area contributed by atoms with Crippen molar-refractivity contribution < 1.29 is 14.3 Å². The molecule has 0 N–H and O–H groups in total. The second-order valence-electron chi connectivity index (χ2n) is 5.21. The summed E-state index contributed by atoms with van der Waals surface area (Å²) in [6.07, 6.45) is 5.04. The minimum Gasteiger partial charge on any atom is -0.489 e. The molecule has 108 valence electrons. The molecule has 0 radical (unpaired) electrons. The van der Waals surface area contributed by atoms with Gasteiger partial charge in [0.15, 0.2) is 0 Å². The maximum absolute atomic E-state index is 12.5. The molecule has 0 aromatic heterocycles. The Morgan fingerprint density at radius 1 is 1.14 bits per heavy atom. The van der Waals surface area contributed by atoms with Crippen molar-refractivity contribution in [3.63, 3.8) is 0 Å². The Balaban J connectivity index is 1.89. The van der Waals surface area contributed by atoms with Gasteiger partial charge in [-0.15, -0.1) is 0 Å². The van der Waals surface area contributed by atoms with Crippen LogP contribution in [-0.4, -0.2) is 18.4 Å². The maximum Gasteiger partial charge on any atom is 0.261 e. The summed E-state index contributed by atoms with van der Waals surface area (Å²) in [6.45, 7) is 3.99. The lowest BCUT2D eigenvalue weighted by Gasteiger charge is -2.16. The summed E-state index contributed by atoms with van der Waals surface area (Å²) in [5, 5.41) is 0. The van der Waals surface area contributed by atoms with Crippen molar-refractivity contribution in [2.24, 2.45) is 0 Å². The molecule has 1 aromatic carbocycles. The highest BCUT2D eigenvalue weighted by Crippen LogP contribution is 2.36. The van der Waals surface area contributed by atoms with Gasteiger partial charge in [0.25, 0.3) is 11.8 Å². The van der Waals surface area contributed by atoms with Crippen LogP contribution in [0.3, 0.4) is 0 Å². The van der Waals surface area contributed by atoms with E-state index in [0.717, 1.165) is 12.8 Å². The number of hydrogen-bond acceptors (Lipinski definition) is 3. The lowest BCUT2D eigenvalue weighted by Crippen LogP contribution is -2.31. The van der Waals surface area contributed by atoms with Crippen molar-refractivity contribution in [2.45, 2.75) is 25.7 Å². The fourth-order valence-electron chi connectivity index (χ4n) is 2.84. The maximum atomic E-state index is 12.5. The Hall–Kier alpha value is -2.36. The molecule has 4 heteroatoms. The summed E-state index contributed by atoms with van der Waals surface area (Å²) < 4.78 is 5.46. The van der Waals surface area contributed by atoms with E-state index in [1.54, 1.807) is 30.3 Å². The number of nitrogens with zero attached hydrogens (tertiary/aromatic N) is 1. The topological polar surface area (TPSA) is 46.6 Å². The van der Waals surface area contributed by atoms with E-state index in [4.69, 9.17) is 4.74 Å². The smallest absolute Gasteiger partial charge is 0.261 e. The molecule has 2 aliphatic rings. The first kappa shape index (κ1) is 13.6. The largest absolute Gasteiger partial charge is 0.489 e. The van der Waals surface area contributed by atoms with Crippen LogP contribution in [0.1, 0.15) is 25.7 Å². The number of ether oxygens (including phenoxy) is 1. The SMILES string of the molecule is C=CCOc1cccc(N2C(=O)C3=C(CCCC3)C2=O)c1. The number of anilines is 1. The highest BCUT2D eigenvalue weighted by atomic mass is 16.5. The van der Waals surface area contributed by atoms with E-state index in [0.29, 0.717) is 42.0 Å². The Labute approximate surface area is 123 Å². The lowest BCUT2D eigenvalue weighted by molar-refractivity contribution is -0.120. The zero-order valence-electron chi connectivity index (χ0n) is 11.8. The molecule has 0 saturated heterocycles. The molecule has 3 rings (SSSR count). The molecule has 2 amide bonds. The van der Waals surface area contributed by atoms with E-state index in [1.165, 1.54) is 4.90 Å². The highest BCUT2D eigenvalue weighted by Gasteiger charge is 2.39. The Kier molecular flexibility index (Phi) is 3.60. The van der Waals surface area contributed by atoms with Gasteiger partial charge in [0.1, 0.15) is 12.4 Å². The average Bonchev–Trinajstić information content (AvgIpc) is 2.78. The Morgan fingerprint density at radius 3 is 2.43 bits per heavy atom. The van der Waals surface area contributed by atoms with Crippen LogP contribution in [0, 0.1) is 0 Å². The lowest BCUT2D eigenvalue weighted by atomic mass is 9.93. The van der Waals surface area contributed by atoms with Crippen molar-refractivity contribution >= 4 is 17.5 Å². The standard InChI is InChI=1S/C17H17NO3/c1-2-10-21-13-7-5-6-12(11-13)18-16(19)14-8-3-4-9-15(14)17(18)20/h2,5-7,11H,1,3-4,8-10H2. The van der Waals surface area contributed by atoms with Crippen molar-refractivity contribution in [3.05, 3.63) is 48.1 Å². The van der Waals surface area contributed by atoms with Gasteiger partial charge in [0, 0.05) is 17.2 Å². The van der Waals surface area contributed by atoms with Gasteiger partial charge in [-0.2, -0.15) is 0 Å². The van der Waals surface area contributed by atoms with Crippen LogP contribution in [0.15, 0.2) is 48.1 Å². The summed E-state index contributed by atoms with van der Waals surface area (Å²) in [5.74, 6) is 0.281. The van der Waals surface area contributed by atoms with Crippen molar-refractivity contribution in [1.29, 1.82) is 0 Å². The molecule has 1 aliphatic carbocycles. The third-order valence-corrected chi connectivity index (χ3v) is 3.83. The van der Waals surface area contributed by atoms with Crippen LogP contribution in [0.5, 0.6) is 5.75 Å². The van der Waals surface area contributed by atoms with Gasteiger partial charge < -0.3 is 4.74 Å². The molecule has 1 heterocycles. The molecule has 0 unspecified atom stereocenters. The predicted octanol–water partition coefficient (Wildman–Crippen LogP) is 3.00. The molecule has 0 spiro atoms. The Bertz CT molecular complexity index is 617. The van der Waals surface area contributed by atoms with Crippen molar-refractivity contribution in [3.8, 4) is 5.75 Å². The van der Waals surface area contributed by atoms with Gasteiger partial charge in [0.05, 0.1) is 5.69 Å². The van der Waals surface area contributed by atoms with Crippen LogP contribution in [0.25, 0.3) is 0 Å². The van der Waals surface area contributed by atoms with Crippen molar-refractivity contribution in [1.82, 2.24) is 0 Å². The molecule has 1 aromatic rings. The van der Waals surface area contributed by atoms with Crippen LogP contribution in [0.2, 0.25) is 0 Å². The zero-order valence-corrected chi connectivity index (χ0v) is 11.8. The van der Waals surface area contributed by atoms with Crippen molar-refractivity contribution in [2.75, 3.05) is 11.5 Å². The number of carbonyl (C=O) groups excluding carboxylic acids is 2. The fourth-order valence-corrected chi connectivity index (χ4v) is 2.84. The number of carbonyl (C=O) groups is 2. The van der Waals surface area contributed by atoms with Gasteiger partial charge in [-0.3, -0.25) is 9.59 Å². The predicted molar refractivity (Wildman–Crippen MR) is 80.1 cm³/mol. The summed E-state index contributed by atoms with van der Waals surface area (Å²) in [5.41, 5.74) is 1.97. The normalized spacial score (nSPS) is 18.0. The Morgan fingerprint density at radius 2 is 1.81 bits per heavy atom. The zero-order chi connectivity index (χ0) is 14.8. The van der Waals surface area contributed by atoms with Gasteiger partial charge >= 0.3 is 0 Å². The number of hydrogen-bond donors (Lipinski definition) is 0. The molecular weight excluding hydrogens is 266 g/mol. The quantitative estimate of drug-likeness (QED) is 0.630. The van der Waals surface area contributed by atoms with Gasteiger partial charge in [-0.25, -0.2) is 4.90 Å². The number of benzene rings is 1. The van der Waals surface area contributed by atoms with Gasteiger partial charge in [-0.1, -0.05) is 18.7 Å².